The number of carbonyl (C=O) groups excluding carboxylic acids is 1. The Kier molecular flexibility index (Phi) is 7.12. The Hall–Kier alpha value is -4.27. The second-order valence-corrected chi connectivity index (χ2v) is 7.91. The van der Waals surface area contributed by atoms with Crippen molar-refractivity contribution in [2.45, 2.75) is 6.61 Å². The molecule has 34 heavy (non-hydrogen) atoms. The van der Waals surface area contributed by atoms with Crippen molar-refractivity contribution in [3.8, 4) is 17.6 Å². The number of benzene rings is 4. The maximum absolute atomic E-state index is 12.6. The molecule has 0 bridgehead atoms. The van der Waals surface area contributed by atoms with Crippen molar-refractivity contribution in [1.82, 2.24) is 0 Å². The molecule has 6 heteroatoms. The molecule has 0 spiro atoms. The van der Waals surface area contributed by atoms with Gasteiger partial charge in [0.15, 0.2) is 11.5 Å². The Morgan fingerprint density at radius 3 is 2.59 bits per heavy atom. The van der Waals surface area contributed by atoms with Crippen LogP contribution in [0.15, 0.2) is 90.5 Å². The molecule has 4 rings (SSSR count). The molecule has 0 unspecified atom stereocenters. The number of amides is 1. The molecule has 0 saturated heterocycles. The SMILES string of the molecule is COc1ccc(/C=C(\C#N)C(=O)Nc2cccc(Cl)c2)cc1OCc1cccc2ccccc12. The van der Waals surface area contributed by atoms with E-state index in [1.807, 2.05) is 30.3 Å². The van der Waals surface area contributed by atoms with Crippen molar-refractivity contribution in [2.24, 2.45) is 0 Å². The fourth-order valence-corrected chi connectivity index (χ4v) is 3.74. The largest absolute Gasteiger partial charge is 0.493 e. The summed E-state index contributed by atoms with van der Waals surface area (Å²) in [6.45, 7) is 0.339. The molecule has 0 radical (unpaired) electrons. The Balaban J connectivity index is 1.56. The van der Waals surface area contributed by atoms with Crippen LogP contribution in [0, 0.1) is 11.3 Å². The first-order chi connectivity index (χ1) is 16.6. The van der Waals surface area contributed by atoms with E-state index in [-0.39, 0.29) is 5.57 Å². The van der Waals surface area contributed by atoms with Gasteiger partial charge in [0.2, 0.25) is 0 Å². The fourth-order valence-electron chi connectivity index (χ4n) is 3.55. The van der Waals surface area contributed by atoms with Crippen molar-refractivity contribution >= 4 is 40.0 Å². The van der Waals surface area contributed by atoms with Gasteiger partial charge < -0.3 is 14.8 Å². The Bertz CT molecular complexity index is 1420. The lowest BCUT2D eigenvalue weighted by Gasteiger charge is -2.13. The highest BCUT2D eigenvalue weighted by Gasteiger charge is 2.12. The summed E-state index contributed by atoms with van der Waals surface area (Å²) in [6.07, 6.45) is 1.50. The van der Waals surface area contributed by atoms with Crippen LogP contribution >= 0.6 is 11.6 Å². The summed E-state index contributed by atoms with van der Waals surface area (Å²) >= 11 is 5.97. The van der Waals surface area contributed by atoms with Gasteiger partial charge in [0.1, 0.15) is 18.2 Å². The monoisotopic (exact) mass is 468 g/mol. The molecule has 1 amide bonds. The predicted octanol–water partition coefficient (Wildman–Crippen LogP) is 6.63. The maximum Gasteiger partial charge on any atom is 0.266 e. The number of fused-ring (bicyclic) bond motifs is 1. The van der Waals surface area contributed by atoms with Crippen LogP contribution in [0.4, 0.5) is 5.69 Å². The molecule has 0 fully saturated rings. The summed E-state index contributed by atoms with van der Waals surface area (Å²) in [5.74, 6) is 0.537. The lowest BCUT2D eigenvalue weighted by Crippen LogP contribution is -2.13. The van der Waals surface area contributed by atoms with Crippen molar-refractivity contribution < 1.29 is 14.3 Å². The first kappa shape index (κ1) is 22.9. The Labute approximate surface area is 202 Å². The molecule has 0 saturated carbocycles. The summed E-state index contributed by atoms with van der Waals surface area (Å²) in [5, 5.41) is 15.0. The zero-order valence-corrected chi connectivity index (χ0v) is 19.2. The lowest BCUT2D eigenvalue weighted by molar-refractivity contribution is -0.112. The number of nitrogens with one attached hydrogen (secondary N) is 1. The van der Waals surface area contributed by atoms with Crippen molar-refractivity contribution in [3.05, 3.63) is 107 Å². The highest BCUT2D eigenvalue weighted by molar-refractivity contribution is 6.31. The van der Waals surface area contributed by atoms with Crippen LogP contribution in [-0.4, -0.2) is 13.0 Å². The third-order valence-electron chi connectivity index (χ3n) is 5.21. The predicted molar refractivity (Wildman–Crippen MR) is 135 cm³/mol. The number of carbonyl (C=O) groups is 1. The standard InChI is InChI=1S/C28H21ClN2O3/c1-33-26-13-12-19(14-22(17-30)28(32)31-24-10-5-9-23(29)16-24)15-27(26)34-18-21-8-4-7-20-6-2-3-11-25(20)21/h2-16H,18H2,1H3,(H,31,32)/b22-14+. The van der Waals surface area contributed by atoms with Crippen LogP contribution < -0.4 is 14.8 Å². The van der Waals surface area contributed by atoms with E-state index in [1.54, 1.807) is 49.6 Å². The maximum atomic E-state index is 12.6. The van der Waals surface area contributed by atoms with E-state index >= 15 is 0 Å². The Morgan fingerprint density at radius 1 is 1.00 bits per heavy atom. The molecule has 4 aromatic carbocycles. The second-order valence-electron chi connectivity index (χ2n) is 7.47. The van der Waals surface area contributed by atoms with Gasteiger partial charge in [0, 0.05) is 10.7 Å². The molecular weight excluding hydrogens is 448 g/mol. The van der Waals surface area contributed by atoms with E-state index in [9.17, 15) is 10.1 Å². The second kappa shape index (κ2) is 10.6. The number of nitrogens with zero attached hydrogens (tertiary/aromatic N) is 1. The number of nitriles is 1. The average molecular weight is 469 g/mol. The first-order valence-electron chi connectivity index (χ1n) is 10.5. The molecule has 0 aliphatic heterocycles. The summed E-state index contributed by atoms with van der Waals surface area (Å²) < 4.78 is 11.5. The normalized spacial score (nSPS) is 11.0. The number of halogens is 1. The van der Waals surface area contributed by atoms with E-state index in [2.05, 4.69) is 23.5 Å². The van der Waals surface area contributed by atoms with Gasteiger partial charge in [-0.15, -0.1) is 0 Å². The number of ether oxygens (including phenoxy) is 2. The third kappa shape index (κ3) is 5.37. The van der Waals surface area contributed by atoms with Crippen LogP contribution in [0.1, 0.15) is 11.1 Å². The minimum atomic E-state index is -0.529. The fraction of sp³-hybridized carbons (Fsp3) is 0.0714. The minimum Gasteiger partial charge on any atom is -0.493 e. The summed E-state index contributed by atoms with van der Waals surface area (Å²) in [6, 6.07) is 28.1. The number of rotatable bonds is 7. The van der Waals surface area contributed by atoms with Gasteiger partial charge in [0.25, 0.3) is 5.91 Å². The zero-order chi connectivity index (χ0) is 23.9. The molecule has 168 valence electrons. The molecule has 1 N–H and O–H groups in total. The summed E-state index contributed by atoms with van der Waals surface area (Å²) in [4.78, 5) is 12.6. The van der Waals surface area contributed by atoms with Gasteiger partial charge in [-0.1, -0.05) is 66.2 Å². The van der Waals surface area contributed by atoms with Gasteiger partial charge in [-0.25, -0.2) is 0 Å². The van der Waals surface area contributed by atoms with Gasteiger partial charge in [-0.2, -0.15) is 5.26 Å². The van der Waals surface area contributed by atoms with E-state index in [4.69, 9.17) is 21.1 Å². The van der Waals surface area contributed by atoms with E-state index in [0.29, 0.717) is 34.4 Å². The molecule has 5 nitrogen and oxygen atoms in total. The minimum absolute atomic E-state index is 0.0508. The number of hydrogen-bond acceptors (Lipinski definition) is 4. The van der Waals surface area contributed by atoms with Crippen molar-refractivity contribution in [1.29, 1.82) is 5.26 Å². The number of hydrogen-bond donors (Lipinski definition) is 1. The van der Waals surface area contributed by atoms with Crippen LogP contribution in [0.25, 0.3) is 16.8 Å². The van der Waals surface area contributed by atoms with E-state index < -0.39 is 5.91 Å². The Morgan fingerprint density at radius 2 is 1.79 bits per heavy atom. The van der Waals surface area contributed by atoms with Crippen LogP contribution in [0.5, 0.6) is 11.5 Å². The number of anilines is 1. The molecular formula is C28H21ClN2O3. The van der Waals surface area contributed by atoms with E-state index in [0.717, 1.165) is 16.3 Å². The molecule has 0 aromatic heterocycles. The van der Waals surface area contributed by atoms with Gasteiger partial charge in [0.05, 0.1) is 7.11 Å². The van der Waals surface area contributed by atoms with Crippen LogP contribution in [0.3, 0.4) is 0 Å². The molecule has 0 aliphatic carbocycles. The van der Waals surface area contributed by atoms with Crippen molar-refractivity contribution in [3.63, 3.8) is 0 Å². The lowest BCUT2D eigenvalue weighted by atomic mass is 10.1. The van der Waals surface area contributed by atoms with Crippen LogP contribution in [-0.2, 0) is 11.4 Å². The van der Waals surface area contributed by atoms with Gasteiger partial charge in [-0.05, 0) is 58.3 Å². The first-order valence-corrected chi connectivity index (χ1v) is 10.9. The topological polar surface area (TPSA) is 71.3 Å². The quantitative estimate of drug-likeness (QED) is 0.244. The van der Waals surface area contributed by atoms with Gasteiger partial charge in [-0.3, -0.25) is 4.79 Å². The average Bonchev–Trinajstić information content (AvgIpc) is 2.86. The molecule has 0 atom stereocenters. The van der Waals surface area contributed by atoms with Crippen molar-refractivity contribution in [2.75, 3.05) is 12.4 Å². The molecule has 0 heterocycles. The smallest absolute Gasteiger partial charge is 0.266 e. The molecule has 4 aromatic rings. The van der Waals surface area contributed by atoms with E-state index in [1.165, 1.54) is 6.08 Å². The molecule has 0 aliphatic rings. The van der Waals surface area contributed by atoms with Crippen LogP contribution in [0.2, 0.25) is 5.02 Å². The zero-order valence-electron chi connectivity index (χ0n) is 18.4. The summed E-state index contributed by atoms with van der Waals surface area (Å²) in [7, 11) is 1.56. The van der Waals surface area contributed by atoms with Gasteiger partial charge >= 0.3 is 0 Å². The highest BCUT2D eigenvalue weighted by atomic mass is 35.5. The summed E-state index contributed by atoms with van der Waals surface area (Å²) in [5.41, 5.74) is 2.13. The number of methoxy groups -OCH3 is 1. The highest BCUT2D eigenvalue weighted by Crippen LogP contribution is 2.31. The third-order valence-corrected chi connectivity index (χ3v) is 5.44.